The number of phenolic OH excluding ortho intramolecular Hbond substituents is 1. The second-order valence-corrected chi connectivity index (χ2v) is 8.56. The molecule has 0 saturated carbocycles. The maximum Gasteiger partial charge on any atom is 0.315 e. The molecule has 1 N–H and O–H groups in total. The number of nitro groups is 1. The first-order valence-corrected chi connectivity index (χ1v) is 11.7. The predicted molar refractivity (Wildman–Crippen MR) is 127 cm³/mol. The van der Waals surface area contributed by atoms with Crippen molar-refractivity contribution in [1.29, 1.82) is 0 Å². The van der Waals surface area contributed by atoms with E-state index in [1.165, 1.54) is 30.1 Å². The molecule has 2 aromatic carbocycles. The Morgan fingerprint density at radius 1 is 1.28 bits per heavy atom. The smallest absolute Gasteiger partial charge is 0.315 e. The van der Waals surface area contributed by atoms with Crippen LogP contribution in [0.5, 0.6) is 11.5 Å². The summed E-state index contributed by atoms with van der Waals surface area (Å²) in [7, 11) is 0. The van der Waals surface area contributed by atoms with E-state index in [0.717, 1.165) is 16.5 Å². The van der Waals surface area contributed by atoms with E-state index in [1.807, 2.05) is 31.2 Å². The third-order valence-corrected chi connectivity index (χ3v) is 5.85. The van der Waals surface area contributed by atoms with E-state index in [0.29, 0.717) is 28.7 Å². The topological polar surface area (TPSA) is 116 Å². The second-order valence-electron chi connectivity index (χ2n) is 6.70. The summed E-state index contributed by atoms with van der Waals surface area (Å²) >= 11 is 4.93. The molecule has 0 aliphatic heterocycles. The summed E-state index contributed by atoms with van der Waals surface area (Å²) in [6, 6.07) is 10.8. The lowest BCUT2D eigenvalue weighted by molar-refractivity contribution is -0.386. The zero-order valence-corrected chi connectivity index (χ0v) is 20.0. The van der Waals surface area contributed by atoms with Gasteiger partial charge in [-0.1, -0.05) is 46.7 Å². The van der Waals surface area contributed by atoms with E-state index in [1.54, 1.807) is 11.6 Å². The van der Waals surface area contributed by atoms with Crippen molar-refractivity contribution in [3.05, 3.63) is 67.9 Å². The standard InChI is InChI=1S/C21H22BrN5O4S/c1-3-5-19-24-25-21(32-13-14-6-8-16(22)9-7-14)26(19)23-12-15-10-17(27(29)30)20(28)18(11-15)31-4-2/h6-12,28H,3-5,13H2,1-2H3/b23-12-. The van der Waals surface area contributed by atoms with Crippen LogP contribution in [0.2, 0.25) is 0 Å². The van der Waals surface area contributed by atoms with Gasteiger partial charge in [0.2, 0.25) is 10.9 Å². The molecule has 0 aliphatic rings. The molecule has 1 aromatic heterocycles. The summed E-state index contributed by atoms with van der Waals surface area (Å²) in [5.41, 5.74) is 1.10. The number of hydrogen-bond donors (Lipinski definition) is 1. The van der Waals surface area contributed by atoms with Crippen LogP contribution < -0.4 is 4.74 Å². The molecule has 168 valence electrons. The summed E-state index contributed by atoms with van der Waals surface area (Å²) < 4.78 is 7.99. The third kappa shape index (κ3) is 5.86. The Kier molecular flexibility index (Phi) is 8.23. The first-order chi connectivity index (χ1) is 15.4. The zero-order chi connectivity index (χ0) is 23.1. The van der Waals surface area contributed by atoms with E-state index in [-0.39, 0.29) is 12.4 Å². The van der Waals surface area contributed by atoms with Crippen molar-refractivity contribution in [3.63, 3.8) is 0 Å². The Hall–Kier alpha value is -2.92. The summed E-state index contributed by atoms with van der Waals surface area (Å²) in [6.07, 6.45) is 3.02. The van der Waals surface area contributed by atoms with Gasteiger partial charge in [0.05, 0.1) is 17.7 Å². The lowest BCUT2D eigenvalue weighted by Gasteiger charge is -2.08. The highest BCUT2D eigenvalue weighted by molar-refractivity contribution is 9.10. The van der Waals surface area contributed by atoms with Crippen molar-refractivity contribution in [2.24, 2.45) is 5.10 Å². The summed E-state index contributed by atoms with van der Waals surface area (Å²) in [6.45, 7) is 4.03. The fourth-order valence-electron chi connectivity index (χ4n) is 2.83. The number of aromatic nitrogens is 3. The molecular formula is C21H22BrN5O4S. The lowest BCUT2D eigenvalue weighted by atomic mass is 10.2. The van der Waals surface area contributed by atoms with Gasteiger partial charge in [0.15, 0.2) is 11.6 Å². The van der Waals surface area contributed by atoms with Crippen LogP contribution in [-0.2, 0) is 12.2 Å². The molecule has 3 rings (SSSR count). The molecule has 0 amide bonds. The molecule has 3 aromatic rings. The van der Waals surface area contributed by atoms with Crippen LogP contribution in [0.4, 0.5) is 5.69 Å². The monoisotopic (exact) mass is 519 g/mol. The van der Waals surface area contributed by atoms with Crippen LogP contribution in [-0.4, -0.2) is 37.7 Å². The SMILES string of the molecule is CCCc1nnc(SCc2ccc(Br)cc2)n1/N=C\c1cc(OCC)c(O)c([N+](=O)[O-])c1. The van der Waals surface area contributed by atoms with Crippen LogP contribution in [0.1, 0.15) is 37.2 Å². The number of benzene rings is 2. The number of hydrogen-bond acceptors (Lipinski definition) is 8. The lowest BCUT2D eigenvalue weighted by Crippen LogP contribution is -2.01. The molecule has 11 heteroatoms. The van der Waals surface area contributed by atoms with Crippen LogP contribution in [0.15, 0.2) is 51.1 Å². The highest BCUT2D eigenvalue weighted by Crippen LogP contribution is 2.36. The van der Waals surface area contributed by atoms with Gasteiger partial charge in [0.1, 0.15) is 0 Å². The quantitative estimate of drug-likeness (QED) is 0.170. The molecule has 32 heavy (non-hydrogen) atoms. The van der Waals surface area contributed by atoms with E-state index < -0.39 is 16.4 Å². The number of thioether (sulfide) groups is 1. The van der Waals surface area contributed by atoms with Crippen molar-refractivity contribution in [1.82, 2.24) is 14.9 Å². The molecule has 0 spiro atoms. The van der Waals surface area contributed by atoms with Crippen LogP contribution in [0.25, 0.3) is 0 Å². The minimum atomic E-state index is -0.657. The van der Waals surface area contributed by atoms with Gasteiger partial charge in [-0.25, -0.2) is 0 Å². The fourth-order valence-corrected chi connectivity index (χ4v) is 3.95. The van der Waals surface area contributed by atoms with Gasteiger partial charge in [0.25, 0.3) is 0 Å². The number of nitro benzene ring substituents is 1. The van der Waals surface area contributed by atoms with Gasteiger partial charge in [-0.2, -0.15) is 9.78 Å². The van der Waals surface area contributed by atoms with E-state index in [2.05, 4.69) is 31.2 Å². The van der Waals surface area contributed by atoms with Crippen molar-refractivity contribution in [2.45, 2.75) is 37.6 Å². The zero-order valence-electron chi connectivity index (χ0n) is 17.6. The molecule has 0 radical (unpaired) electrons. The Bertz CT molecular complexity index is 1120. The van der Waals surface area contributed by atoms with E-state index in [4.69, 9.17) is 4.74 Å². The van der Waals surface area contributed by atoms with Crippen molar-refractivity contribution >= 4 is 39.6 Å². The molecule has 0 bridgehead atoms. The van der Waals surface area contributed by atoms with E-state index >= 15 is 0 Å². The predicted octanol–water partition coefficient (Wildman–Crippen LogP) is 5.18. The van der Waals surface area contributed by atoms with Gasteiger partial charge in [-0.15, -0.1) is 10.2 Å². The fraction of sp³-hybridized carbons (Fsp3) is 0.286. The Morgan fingerprint density at radius 2 is 2.03 bits per heavy atom. The van der Waals surface area contributed by atoms with Crippen molar-refractivity contribution in [2.75, 3.05) is 6.61 Å². The Morgan fingerprint density at radius 3 is 2.69 bits per heavy atom. The molecular weight excluding hydrogens is 498 g/mol. The van der Waals surface area contributed by atoms with Gasteiger partial charge in [-0.3, -0.25) is 10.1 Å². The number of nitrogens with zero attached hydrogens (tertiary/aromatic N) is 5. The summed E-state index contributed by atoms with van der Waals surface area (Å²) in [4.78, 5) is 10.7. The van der Waals surface area contributed by atoms with Crippen molar-refractivity contribution in [3.8, 4) is 11.5 Å². The number of aryl methyl sites for hydroxylation is 1. The van der Waals surface area contributed by atoms with Gasteiger partial charge >= 0.3 is 5.69 Å². The first-order valence-electron chi connectivity index (χ1n) is 9.93. The van der Waals surface area contributed by atoms with Gasteiger partial charge in [-0.05, 0) is 37.1 Å². The molecule has 1 heterocycles. The Labute approximate surface area is 197 Å². The summed E-state index contributed by atoms with van der Waals surface area (Å²) in [5.74, 6) is 0.910. The molecule has 9 nitrogen and oxygen atoms in total. The van der Waals surface area contributed by atoms with Crippen LogP contribution in [0.3, 0.4) is 0 Å². The van der Waals surface area contributed by atoms with Crippen LogP contribution in [0, 0.1) is 10.1 Å². The maximum absolute atomic E-state index is 11.3. The minimum Gasteiger partial charge on any atom is -0.500 e. The Balaban J connectivity index is 1.90. The third-order valence-electron chi connectivity index (χ3n) is 4.33. The van der Waals surface area contributed by atoms with E-state index in [9.17, 15) is 15.2 Å². The van der Waals surface area contributed by atoms with Gasteiger partial charge < -0.3 is 9.84 Å². The number of aromatic hydroxyl groups is 1. The number of ether oxygens (including phenoxy) is 1. The minimum absolute atomic E-state index is 0.0329. The highest BCUT2D eigenvalue weighted by Gasteiger charge is 2.20. The average molecular weight is 520 g/mol. The van der Waals surface area contributed by atoms with Gasteiger partial charge in [0, 0.05) is 28.3 Å². The number of halogens is 1. The van der Waals surface area contributed by atoms with Crippen molar-refractivity contribution < 1.29 is 14.8 Å². The average Bonchev–Trinajstić information content (AvgIpc) is 3.15. The summed E-state index contributed by atoms with van der Waals surface area (Å²) in [5, 5.41) is 35.0. The number of phenols is 1. The normalized spacial score (nSPS) is 11.2. The molecule has 0 atom stereocenters. The molecule has 0 unspecified atom stereocenters. The molecule has 0 aliphatic carbocycles. The largest absolute Gasteiger partial charge is 0.500 e. The number of rotatable bonds is 10. The second kappa shape index (κ2) is 11.1. The molecule has 0 saturated heterocycles. The molecule has 0 fully saturated rings. The highest BCUT2D eigenvalue weighted by atomic mass is 79.9. The maximum atomic E-state index is 11.3. The first kappa shape index (κ1) is 23.7. The van der Waals surface area contributed by atoms with Crippen LogP contribution >= 0.6 is 27.7 Å².